The Kier molecular flexibility index (Phi) is 7.18. The van der Waals surface area contributed by atoms with Crippen LogP contribution in [0.2, 0.25) is 0 Å². The molecule has 0 saturated heterocycles. The van der Waals surface area contributed by atoms with Crippen molar-refractivity contribution in [3.8, 4) is 0 Å². The molecule has 0 aliphatic heterocycles. The summed E-state index contributed by atoms with van der Waals surface area (Å²) < 4.78 is 24.5. The largest absolute Gasteiger partial charge is 0.383 e. The molecule has 5 heteroatoms. The molecule has 1 N–H and O–H groups in total. The van der Waals surface area contributed by atoms with E-state index in [1.807, 2.05) is 19.1 Å². The number of para-hydroxylation sites is 1. The second kappa shape index (κ2) is 8.39. The van der Waals surface area contributed by atoms with Crippen LogP contribution in [0.15, 0.2) is 29.2 Å². The molecule has 0 aromatic heterocycles. The fourth-order valence-electron chi connectivity index (χ4n) is 2.16. The lowest BCUT2D eigenvalue weighted by Gasteiger charge is -2.24. The van der Waals surface area contributed by atoms with Crippen LogP contribution in [-0.4, -0.2) is 45.2 Å². The zero-order chi connectivity index (χ0) is 15.9. The van der Waals surface area contributed by atoms with Gasteiger partial charge >= 0.3 is 0 Å². The normalized spacial score (nSPS) is 13.4. The summed E-state index contributed by atoms with van der Waals surface area (Å²) in [6.07, 6.45) is 1.74. The minimum absolute atomic E-state index is 0.193. The standard InChI is InChI=1S/C16H28N2O2S/c1-5-13-21(19,20)16-10-8-7-9-15(16)17-11-12-18(4)14(3)6-2/h7-10,14,17H,5-6,11-13H2,1-4H3. The number of nitrogens with one attached hydrogen (secondary N) is 1. The van der Waals surface area contributed by atoms with E-state index < -0.39 is 9.84 Å². The number of likely N-dealkylation sites (N-methyl/N-ethyl adjacent to an activating group) is 1. The van der Waals surface area contributed by atoms with Gasteiger partial charge in [0.2, 0.25) is 0 Å². The number of anilines is 1. The average molecular weight is 312 g/mol. The fraction of sp³-hybridized carbons (Fsp3) is 0.625. The molecule has 0 fully saturated rings. The molecule has 0 saturated carbocycles. The molecule has 4 nitrogen and oxygen atoms in total. The van der Waals surface area contributed by atoms with E-state index in [4.69, 9.17) is 0 Å². The Bertz CT molecular complexity index is 529. The summed E-state index contributed by atoms with van der Waals surface area (Å²) >= 11 is 0. The topological polar surface area (TPSA) is 49.4 Å². The average Bonchev–Trinajstić information content (AvgIpc) is 2.46. The van der Waals surface area contributed by atoms with Crippen LogP contribution in [0.25, 0.3) is 0 Å². The first-order valence-corrected chi connectivity index (χ1v) is 9.33. The number of nitrogens with zero attached hydrogens (tertiary/aromatic N) is 1. The highest BCUT2D eigenvalue weighted by Gasteiger charge is 2.17. The second-order valence-corrected chi connectivity index (χ2v) is 7.56. The molecule has 1 unspecified atom stereocenters. The molecule has 0 amide bonds. The maximum atomic E-state index is 12.3. The van der Waals surface area contributed by atoms with Crippen LogP contribution >= 0.6 is 0 Å². The maximum Gasteiger partial charge on any atom is 0.180 e. The van der Waals surface area contributed by atoms with Crippen LogP contribution in [0.3, 0.4) is 0 Å². The third-order valence-electron chi connectivity index (χ3n) is 3.82. The Labute approximate surface area is 129 Å². The molecule has 0 heterocycles. The summed E-state index contributed by atoms with van der Waals surface area (Å²) in [5, 5.41) is 3.27. The molecule has 1 rings (SSSR count). The molecule has 120 valence electrons. The number of rotatable bonds is 9. The number of benzene rings is 1. The van der Waals surface area contributed by atoms with Crippen molar-refractivity contribution in [2.24, 2.45) is 0 Å². The van der Waals surface area contributed by atoms with Crippen molar-refractivity contribution in [1.29, 1.82) is 0 Å². The minimum Gasteiger partial charge on any atom is -0.383 e. The van der Waals surface area contributed by atoms with Crippen molar-refractivity contribution in [1.82, 2.24) is 4.90 Å². The van der Waals surface area contributed by atoms with Crippen LogP contribution < -0.4 is 5.32 Å². The quantitative estimate of drug-likeness (QED) is 0.761. The smallest absolute Gasteiger partial charge is 0.180 e. The summed E-state index contributed by atoms with van der Waals surface area (Å²) in [4.78, 5) is 2.69. The lowest BCUT2D eigenvalue weighted by Crippen LogP contribution is -2.32. The maximum absolute atomic E-state index is 12.3. The summed E-state index contributed by atoms with van der Waals surface area (Å²) in [7, 11) is -1.10. The number of hydrogen-bond acceptors (Lipinski definition) is 4. The van der Waals surface area contributed by atoms with E-state index in [1.165, 1.54) is 0 Å². The molecule has 0 aliphatic carbocycles. The molecule has 0 radical (unpaired) electrons. The van der Waals surface area contributed by atoms with Gasteiger partial charge in [-0.3, -0.25) is 0 Å². The highest BCUT2D eigenvalue weighted by atomic mass is 32.2. The Morgan fingerprint density at radius 3 is 2.52 bits per heavy atom. The van der Waals surface area contributed by atoms with Gasteiger partial charge in [0.1, 0.15) is 0 Å². The van der Waals surface area contributed by atoms with Gasteiger partial charge in [-0.25, -0.2) is 8.42 Å². The van der Waals surface area contributed by atoms with E-state index >= 15 is 0 Å². The molecule has 1 aromatic carbocycles. The Balaban J connectivity index is 2.73. The van der Waals surface area contributed by atoms with E-state index in [0.29, 0.717) is 23.0 Å². The van der Waals surface area contributed by atoms with E-state index in [0.717, 1.165) is 19.5 Å². The predicted octanol–water partition coefficient (Wildman–Crippen LogP) is 3.01. The van der Waals surface area contributed by atoms with Crippen molar-refractivity contribution in [3.05, 3.63) is 24.3 Å². The van der Waals surface area contributed by atoms with Crippen molar-refractivity contribution in [2.45, 2.75) is 44.6 Å². The van der Waals surface area contributed by atoms with Gasteiger partial charge in [0.25, 0.3) is 0 Å². The van der Waals surface area contributed by atoms with Gasteiger partial charge in [-0.1, -0.05) is 26.0 Å². The fourth-order valence-corrected chi connectivity index (χ4v) is 3.68. The first-order chi connectivity index (χ1) is 9.92. The van der Waals surface area contributed by atoms with Crippen molar-refractivity contribution < 1.29 is 8.42 Å². The molecule has 21 heavy (non-hydrogen) atoms. The molecule has 1 aromatic rings. The lowest BCUT2D eigenvalue weighted by molar-refractivity contribution is 0.261. The van der Waals surface area contributed by atoms with Gasteiger partial charge in [0.15, 0.2) is 9.84 Å². The molecular formula is C16H28N2O2S. The molecule has 0 spiro atoms. The first-order valence-electron chi connectivity index (χ1n) is 7.68. The summed E-state index contributed by atoms with van der Waals surface area (Å²) in [5.74, 6) is 0.193. The van der Waals surface area contributed by atoms with Crippen LogP contribution in [-0.2, 0) is 9.84 Å². The first kappa shape index (κ1) is 18.0. The van der Waals surface area contributed by atoms with Crippen molar-refractivity contribution >= 4 is 15.5 Å². The third-order valence-corrected chi connectivity index (χ3v) is 5.79. The third kappa shape index (κ3) is 5.32. The van der Waals surface area contributed by atoms with E-state index in [9.17, 15) is 8.42 Å². The van der Waals surface area contributed by atoms with Gasteiger partial charge in [0.05, 0.1) is 16.3 Å². The zero-order valence-electron chi connectivity index (χ0n) is 13.6. The summed E-state index contributed by atoms with van der Waals surface area (Å²) in [6, 6.07) is 7.70. The summed E-state index contributed by atoms with van der Waals surface area (Å²) in [6.45, 7) is 7.87. The van der Waals surface area contributed by atoms with Gasteiger partial charge in [-0.05, 0) is 38.9 Å². The molecule has 0 bridgehead atoms. The van der Waals surface area contributed by atoms with Gasteiger partial charge in [0, 0.05) is 19.1 Å². The van der Waals surface area contributed by atoms with Crippen molar-refractivity contribution in [2.75, 3.05) is 31.2 Å². The van der Waals surface area contributed by atoms with Crippen LogP contribution in [0.1, 0.15) is 33.6 Å². The predicted molar refractivity (Wildman–Crippen MR) is 89.7 cm³/mol. The Morgan fingerprint density at radius 2 is 1.90 bits per heavy atom. The Hall–Kier alpha value is -1.07. The van der Waals surface area contributed by atoms with Gasteiger partial charge in [-0.15, -0.1) is 0 Å². The highest BCUT2D eigenvalue weighted by Crippen LogP contribution is 2.22. The van der Waals surface area contributed by atoms with Gasteiger partial charge < -0.3 is 10.2 Å². The molecule has 0 aliphatic rings. The molecule has 1 atom stereocenters. The van der Waals surface area contributed by atoms with Crippen LogP contribution in [0.5, 0.6) is 0 Å². The van der Waals surface area contributed by atoms with E-state index in [2.05, 4.69) is 31.1 Å². The van der Waals surface area contributed by atoms with E-state index in [1.54, 1.807) is 12.1 Å². The minimum atomic E-state index is -3.19. The monoisotopic (exact) mass is 312 g/mol. The SMILES string of the molecule is CCCS(=O)(=O)c1ccccc1NCCN(C)C(C)CC. The van der Waals surface area contributed by atoms with E-state index in [-0.39, 0.29) is 5.75 Å². The van der Waals surface area contributed by atoms with Gasteiger partial charge in [-0.2, -0.15) is 0 Å². The summed E-state index contributed by atoms with van der Waals surface area (Å²) in [5.41, 5.74) is 0.712. The Morgan fingerprint density at radius 1 is 1.24 bits per heavy atom. The van der Waals surface area contributed by atoms with Crippen LogP contribution in [0.4, 0.5) is 5.69 Å². The second-order valence-electron chi connectivity index (χ2n) is 5.48. The van der Waals surface area contributed by atoms with Crippen molar-refractivity contribution in [3.63, 3.8) is 0 Å². The lowest BCUT2D eigenvalue weighted by atomic mass is 10.2. The van der Waals surface area contributed by atoms with Crippen LogP contribution in [0, 0.1) is 0 Å². The zero-order valence-corrected chi connectivity index (χ0v) is 14.4. The number of sulfone groups is 1. The number of hydrogen-bond donors (Lipinski definition) is 1. The molecular weight excluding hydrogens is 284 g/mol. The highest BCUT2D eigenvalue weighted by molar-refractivity contribution is 7.91.